The van der Waals surface area contributed by atoms with Crippen LogP contribution < -0.4 is 20.1 Å². The quantitative estimate of drug-likeness (QED) is 0.396. The first-order valence-electron chi connectivity index (χ1n) is 8.52. The number of anilines is 4. The highest BCUT2D eigenvalue weighted by Gasteiger charge is 2.13. The number of benzene rings is 1. The molecule has 0 aliphatic heterocycles. The van der Waals surface area contributed by atoms with Crippen molar-refractivity contribution in [3.05, 3.63) is 55.1 Å². The van der Waals surface area contributed by atoms with Crippen molar-refractivity contribution in [1.29, 1.82) is 0 Å². The molecule has 0 radical (unpaired) electrons. The van der Waals surface area contributed by atoms with Crippen LogP contribution in [0.4, 0.5) is 23.0 Å². The summed E-state index contributed by atoms with van der Waals surface area (Å²) >= 11 is 0. The highest BCUT2D eigenvalue weighted by molar-refractivity contribution is 7.89. The maximum absolute atomic E-state index is 12.0. The molecule has 3 rings (SSSR count). The van der Waals surface area contributed by atoms with Crippen LogP contribution in [0.2, 0.25) is 0 Å². The zero-order valence-corrected chi connectivity index (χ0v) is 17.6. The molecule has 0 spiro atoms. The van der Waals surface area contributed by atoms with Crippen molar-refractivity contribution in [1.82, 2.24) is 24.4 Å². The maximum atomic E-state index is 12.0. The number of nitrogens with zero attached hydrogens (tertiary/aromatic N) is 3. The number of pyridine rings is 1. The molecule has 0 aliphatic carbocycles. The van der Waals surface area contributed by atoms with E-state index in [-0.39, 0.29) is 9.79 Å². The second-order valence-corrected chi connectivity index (χ2v) is 9.66. The Balaban J connectivity index is 1.81. The average Bonchev–Trinajstić information content (AvgIpc) is 2.74. The molecule has 0 bridgehead atoms. The van der Waals surface area contributed by atoms with Crippen molar-refractivity contribution in [3.63, 3.8) is 0 Å². The molecule has 30 heavy (non-hydrogen) atoms. The molecule has 3 aromatic rings. The van der Waals surface area contributed by atoms with Gasteiger partial charge in [0.2, 0.25) is 20.0 Å². The van der Waals surface area contributed by atoms with Crippen LogP contribution in [0, 0.1) is 0 Å². The minimum Gasteiger partial charge on any atom is -0.340 e. The number of nitrogens with one attached hydrogen (secondary N) is 4. The van der Waals surface area contributed by atoms with Crippen LogP contribution in [0.25, 0.3) is 0 Å². The summed E-state index contributed by atoms with van der Waals surface area (Å²) in [7, 11) is -4.56. The van der Waals surface area contributed by atoms with E-state index in [9.17, 15) is 16.8 Å². The number of rotatable bonds is 8. The first kappa shape index (κ1) is 21.6. The van der Waals surface area contributed by atoms with Crippen LogP contribution in [0.5, 0.6) is 0 Å². The number of sulfonamides is 2. The summed E-state index contributed by atoms with van der Waals surface area (Å²) in [4.78, 5) is 12.2. The van der Waals surface area contributed by atoms with Gasteiger partial charge in [0.25, 0.3) is 0 Å². The molecule has 11 nitrogen and oxygen atoms in total. The van der Waals surface area contributed by atoms with Crippen LogP contribution >= 0.6 is 0 Å². The van der Waals surface area contributed by atoms with Gasteiger partial charge in [0, 0.05) is 18.0 Å². The lowest BCUT2D eigenvalue weighted by Gasteiger charge is -2.10. The molecule has 1 aromatic carbocycles. The first-order chi connectivity index (χ1) is 14.2. The minimum atomic E-state index is -3.63. The molecule has 13 heteroatoms. The molecule has 2 heterocycles. The second-order valence-electron chi connectivity index (χ2n) is 5.89. The molecule has 158 valence electrons. The Morgan fingerprint density at radius 1 is 0.733 bits per heavy atom. The fraction of sp³-hybridized carbons (Fsp3) is 0.118. The Morgan fingerprint density at radius 2 is 1.33 bits per heavy atom. The van der Waals surface area contributed by atoms with Gasteiger partial charge in [-0.1, -0.05) is 6.07 Å². The van der Waals surface area contributed by atoms with Crippen molar-refractivity contribution in [2.24, 2.45) is 0 Å². The molecule has 0 amide bonds. The normalized spacial score (nSPS) is 11.8. The standard InChI is InChI=1S/C17H19N7O4S2/c1-18-29(25,26)14-5-3-4-12(6-14)23-16-8-17(22-11-21-16)24-13-7-15(10-20-9-13)30(27,28)19-2/h3-11,18-19H,1-2H3,(H2,21,22,23,24). The topological polar surface area (TPSA) is 155 Å². The molecule has 2 aromatic heterocycles. The van der Waals surface area contributed by atoms with E-state index in [1.54, 1.807) is 18.2 Å². The van der Waals surface area contributed by atoms with Crippen molar-refractivity contribution in [2.45, 2.75) is 9.79 Å². The molecule has 0 unspecified atom stereocenters. The van der Waals surface area contributed by atoms with Crippen LogP contribution in [-0.2, 0) is 20.0 Å². The third kappa shape index (κ3) is 5.07. The molecule has 0 saturated carbocycles. The zero-order chi connectivity index (χ0) is 21.8. The average molecular weight is 450 g/mol. The minimum absolute atomic E-state index is 0.00459. The molecular formula is C17H19N7O4S2. The van der Waals surface area contributed by atoms with E-state index in [0.717, 1.165) is 0 Å². The number of hydrogen-bond donors (Lipinski definition) is 4. The van der Waals surface area contributed by atoms with Gasteiger partial charge in [0.1, 0.15) is 22.9 Å². The van der Waals surface area contributed by atoms with Gasteiger partial charge in [0.15, 0.2) is 0 Å². The van der Waals surface area contributed by atoms with E-state index in [1.165, 1.54) is 51.0 Å². The zero-order valence-electron chi connectivity index (χ0n) is 16.0. The third-order valence-electron chi connectivity index (χ3n) is 3.92. The van der Waals surface area contributed by atoms with Gasteiger partial charge in [-0.3, -0.25) is 4.98 Å². The summed E-state index contributed by atoms with van der Waals surface area (Å²) in [6.07, 6.45) is 3.99. The Labute approximate surface area is 174 Å². The summed E-state index contributed by atoms with van der Waals surface area (Å²) in [5.74, 6) is 0.783. The Kier molecular flexibility index (Phi) is 6.26. The molecule has 0 atom stereocenters. The summed E-state index contributed by atoms with van der Waals surface area (Å²) in [6, 6.07) is 9.24. The van der Waals surface area contributed by atoms with Gasteiger partial charge < -0.3 is 10.6 Å². The smallest absolute Gasteiger partial charge is 0.241 e. The van der Waals surface area contributed by atoms with Crippen LogP contribution in [-0.4, -0.2) is 45.9 Å². The number of hydrogen-bond acceptors (Lipinski definition) is 9. The lowest BCUT2D eigenvalue weighted by atomic mass is 10.3. The van der Waals surface area contributed by atoms with E-state index in [4.69, 9.17) is 0 Å². The van der Waals surface area contributed by atoms with E-state index >= 15 is 0 Å². The first-order valence-corrected chi connectivity index (χ1v) is 11.5. The van der Waals surface area contributed by atoms with Crippen LogP contribution in [0.1, 0.15) is 0 Å². The maximum Gasteiger partial charge on any atom is 0.241 e. The van der Waals surface area contributed by atoms with Gasteiger partial charge in [-0.2, -0.15) is 0 Å². The Morgan fingerprint density at radius 3 is 2.00 bits per heavy atom. The van der Waals surface area contributed by atoms with Gasteiger partial charge in [0.05, 0.1) is 16.8 Å². The molecule has 4 N–H and O–H groups in total. The van der Waals surface area contributed by atoms with Gasteiger partial charge in [-0.15, -0.1) is 0 Å². The predicted octanol–water partition coefficient (Wildman–Crippen LogP) is 1.17. The fourth-order valence-electron chi connectivity index (χ4n) is 2.40. The molecule has 0 saturated heterocycles. The van der Waals surface area contributed by atoms with Crippen LogP contribution in [0.3, 0.4) is 0 Å². The van der Waals surface area contributed by atoms with E-state index < -0.39 is 20.0 Å². The summed E-state index contributed by atoms with van der Waals surface area (Å²) in [5.41, 5.74) is 0.929. The fourth-order valence-corrected chi connectivity index (χ4v) is 3.89. The van der Waals surface area contributed by atoms with Crippen molar-refractivity contribution < 1.29 is 16.8 Å². The van der Waals surface area contributed by atoms with Crippen molar-refractivity contribution >= 4 is 43.1 Å². The van der Waals surface area contributed by atoms with Crippen LogP contribution in [0.15, 0.2) is 64.9 Å². The van der Waals surface area contributed by atoms with Gasteiger partial charge >= 0.3 is 0 Å². The predicted molar refractivity (Wildman–Crippen MR) is 112 cm³/mol. The highest BCUT2D eigenvalue weighted by atomic mass is 32.2. The summed E-state index contributed by atoms with van der Waals surface area (Å²) in [6.45, 7) is 0. The lowest BCUT2D eigenvalue weighted by Crippen LogP contribution is -2.18. The SMILES string of the molecule is CNS(=O)(=O)c1cccc(Nc2cc(Nc3cncc(S(=O)(=O)NC)c3)ncn2)c1. The van der Waals surface area contributed by atoms with E-state index in [0.29, 0.717) is 23.0 Å². The molecule has 0 aliphatic rings. The molecular weight excluding hydrogens is 430 g/mol. The summed E-state index contributed by atoms with van der Waals surface area (Å²) in [5, 5.41) is 5.97. The van der Waals surface area contributed by atoms with Gasteiger partial charge in [-0.05, 0) is 38.4 Å². The highest BCUT2D eigenvalue weighted by Crippen LogP contribution is 2.22. The van der Waals surface area contributed by atoms with Crippen molar-refractivity contribution in [2.75, 3.05) is 24.7 Å². The van der Waals surface area contributed by atoms with Crippen molar-refractivity contribution in [3.8, 4) is 0 Å². The third-order valence-corrected chi connectivity index (χ3v) is 6.71. The lowest BCUT2D eigenvalue weighted by molar-refractivity contribution is 0.586. The monoisotopic (exact) mass is 449 g/mol. The molecule has 0 fully saturated rings. The second kappa shape index (κ2) is 8.71. The van der Waals surface area contributed by atoms with E-state index in [1.807, 2.05) is 0 Å². The Bertz CT molecular complexity index is 1170. The van der Waals surface area contributed by atoms with E-state index in [2.05, 4.69) is 35.0 Å². The number of aromatic nitrogens is 3. The summed E-state index contributed by atoms with van der Waals surface area (Å²) < 4.78 is 52.2. The Hall–Kier alpha value is -3.13. The largest absolute Gasteiger partial charge is 0.340 e. The van der Waals surface area contributed by atoms with Gasteiger partial charge in [-0.25, -0.2) is 36.2 Å².